The lowest BCUT2D eigenvalue weighted by molar-refractivity contribution is -0.177. The van der Waals surface area contributed by atoms with Gasteiger partial charge >= 0.3 is 11.9 Å². The highest BCUT2D eigenvalue weighted by Gasteiger charge is 2.42. The topological polar surface area (TPSA) is 113 Å². The van der Waals surface area contributed by atoms with Gasteiger partial charge in [0.1, 0.15) is 0 Å². The van der Waals surface area contributed by atoms with Gasteiger partial charge in [-0.25, -0.2) is 4.79 Å². The summed E-state index contributed by atoms with van der Waals surface area (Å²) < 4.78 is 9.97. The summed E-state index contributed by atoms with van der Waals surface area (Å²) >= 11 is 0. The van der Waals surface area contributed by atoms with Crippen LogP contribution in [-0.2, 0) is 23.9 Å². The first-order valence-corrected chi connectivity index (χ1v) is 7.87. The Morgan fingerprint density at radius 3 is 2.38 bits per heavy atom. The molecule has 140 valence electrons. The van der Waals surface area contributed by atoms with E-state index in [0.29, 0.717) is 11.3 Å². The number of hydrogen-bond acceptors (Lipinski definition) is 6. The van der Waals surface area contributed by atoms with Crippen LogP contribution in [0.4, 0.5) is 5.69 Å². The summed E-state index contributed by atoms with van der Waals surface area (Å²) in [7, 11) is 3.26. The van der Waals surface area contributed by atoms with Crippen LogP contribution in [0.3, 0.4) is 0 Å². The zero-order valence-corrected chi connectivity index (χ0v) is 14.7. The number of carboxylic acids is 1. The van der Waals surface area contributed by atoms with E-state index in [0.717, 1.165) is 6.92 Å². The first-order chi connectivity index (χ1) is 12.2. The van der Waals surface area contributed by atoms with E-state index in [1.165, 1.54) is 9.80 Å². The van der Waals surface area contributed by atoms with Crippen molar-refractivity contribution in [2.75, 3.05) is 32.1 Å². The van der Waals surface area contributed by atoms with Crippen molar-refractivity contribution >= 4 is 29.4 Å². The maximum atomic E-state index is 12.7. The van der Waals surface area contributed by atoms with Gasteiger partial charge in [0, 0.05) is 38.8 Å². The number of carbonyl (C=O) groups excluding carboxylic acids is 3. The highest BCUT2D eigenvalue weighted by Crippen LogP contribution is 2.22. The Morgan fingerprint density at radius 1 is 1.27 bits per heavy atom. The van der Waals surface area contributed by atoms with Gasteiger partial charge in [-0.15, -0.1) is 0 Å². The molecule has 1 N–H and O–H groups in total. The van der Waals surface area contributed by atoms with Gasteiger partial charge in [0.25, 0.3) is 11.8 Å². The summed E-state index contributed by atoms with van der Waals surface area (Å²) in [4.78, 5) is 49.8. The number of carboxylic acid groups (broad SMARTS) is 1. The van der Waals surface area contributed by atoms with E-state index >= 15 is 0 Å². The standard InChI is InChI=1S/C17H20N2O7/c1-10(20)26-14(17(23)24)13-16(22)19(8-9-25-13)12-6-4-11(5-7-12)15(21)18(2)3/h4-7,13-14H,8-9H2,1-3H3,(H,23,24). The average Bonchev–Trinajstić information content (AvgIpc) is 2.59. The van der Waals surface area contributed by atoms with Crippen molar-refractivity contribution < 1.29 is 33.8 Å². The zero-order valence-electron chi connectivity index (χ0n) is 14.7. The van der Waals surface area contributed by atoms with Crippen LogP contribution < -0.4 is 4.90 Å². The number of esters is 1. The number of rotatable bonds is 5. The molecule has 1 aliphatic rings. The largest absolute Gasteiger partial charge is 0.478 e. The molecule has 1 heterocycles. The molecule has 1 fully saturated rings. The third-order valence-corrected chi connectivity index (χ3v) is 3.77. The molecule has 0 bridgehead atoms. The number of nitrogens with zero attached hydrogens (tertiary/aromatic N) is 2. The molecule has 26 heavy (non-hydrogen) atoms. The molecule has 9 nitrogen and oxygen atoms in total. The molecule has 2 amide bonds. The van der Waals surface area contributed by atoms with E-state index < -0.39 is 30.1 Å². The molecular formula is C17H20N2O7. The van der Waals surface area contributed by atoms with Crippen LogP contribution in [0.5, 0.6) is 0 Å². The number of aliphatic carboxylic acids is 1. The normalized spacial score (nSPS) is 18.2. The molecule has 1 aromatic rings. The lowest BCUT2D eigenvalue weighted by Gasteiger charge is -2.34. The number of hydrogen-bond donors (Lipinski definition) is 1. The second-order valence-electron chi connectivity index (χ2n) is 5.90. The maximum Gasteiger partial charge on any atom is 0.348 e. The summed E-state index contributed by atoms with van der Waals surface area (Å²) in [6.07, 6.45) is -3.16. The molecule has 2 rings (SSSR count). The van der Waals surface area contributed by atoms with E-state index in [9.17, 15) is 24.3 Å². The molecule has 1 saturated heterocycles. The first kappa shape index (κ1) is 19.4. The van der Waals surface area contributed by atoms with E-state index in [4.69, 9.17) is 9.47 Å². The predicted molar refractivity (Wildman–Crippen MR) is 89.7 cm³/mol. The first-order valence-electron chi connectivity index (χ1n) is 7.87. The molecule has 0 radical (unpaired) electrons. The van der Waals surface area contributed by atoms with Crippen LogP contribution >= 0.6 is 0 Å². The van der Waals surface area contributed by atoms with Gasteiger partial charge in [-0.1, -0.05) is 0 Å². The smallest absolute Gasteiger partial charge is 0.348 e. The minimum Gasteiger partial charge on any atom is -0.478 e. The number of ether oxygens (including phenoxy) is 2. The molecule has 0 aromatic heterocycles. The van der Waals surface area contributed by atoms with Crippen LogP contribution in [0.1, 0.15) is 17.3 Å². The Kier molecular flexibility index (Phi) is 5.93. The summed E-state index contributed by atoms with van der Waals surface area (Å²) in [5.74, 6) is -3.09. The van der Waals surface area contributed by atoms with Crippen molar-refractivity contribution in [1.29, 1.82) is 0 Å². The second-order valence-corrected chi connectivity index (χ2v) is 5.90. The van der Waals surface area contributed by atoms with Crippen LogP contribution in [0.15, 0.2) is 24.3 Å². The fraction of sp³-hybridized carbons (Fsp3) is 0.412. The monoisotopic (exact) mass is 364 g/mol. The van der Waals surface area contributed by atoms with Crippen molar-refractivity contribution in [2.45, 2.75) is 19.1 Å². The summed E-state index contributed by atoms with van der Waals surface area (Å²) in [5, 5.41) is 9.23. The number of morpholine rings is 1. The van der Waals surface area contributed by atoms with Crippen LogP contribution in [0, 0.1) is 0 Å². The van der Waals surface area contributed by atoms with Crippen molar-refractivity contribution in [3.05, 3.63) is 29.8 Å². The Hall–Kier alpha value is -2.94. The van der Waals surface area contributed by atoms with E-state index in [2.05, 4.69) is 0 Å². The third-order valence-electron chi connectivity index (χ3n) is 3.77. The Bertz CT molecular complexity index is 714. The summed E-state index contributed by atoms with van der Waals surface area (Å²) in [5.41, 5.74) is 0.949. The Balaban J connectivity index is 2.22. The molecule has 9 heteroatoms. The number of anilines is 1. The Labute approximate surface area is 150 Å². The highest BCUT2D eigenvalue weighted by molar-refractivity contribution is 6.01. The molecule has 1 aliphatic heterocycles. The predicted octanol–water partition coefficient (Wildman–Crippen LogP) is 0.137. The third kappa shape index (κ3) is 4.17. The summed E-state index contributed by atoms with van der Waals surface area (Å²) in [6, 6.07) is 6.35. The van der Waals surface area contributed by atoms with Gasteiger partial charge in [0.05, 0.1) is 6.61 Å². The van der Waals surface area contributed by atoms with Gasteiger partial charge in [-0.05, 0) is 24.3 Å². The highest BCUT2D eigenvalue weighted by atomic mass is 16.6. The molecule has 2 unspecified atom stereocenters. The van der Waals surface area contributed by atoms with Crippen LogP contribution in [0.25, 0.3) is 0 Å². The van der Waals surface area contributed by atoms with Gasteiger partial charge in [0.2, 0.25) is 6.10 Å². The van der Waals surface area contributed by atoms with Gasteiger partial charge in [-0.2, -0.15) is 0 Å². The van der Waals surface area contributed by atoms with Crippen molar-refractivity contribution in [3.8, 4) is 0 Å². The lowest BCUT2D eigenvalue weighted by atomic mass is 10.1. The number of carbonyl (C=O) groups is 4. The zero-order chi connectivity index (χ0) is 19.4. The lowest BCUT2D eigenvalue weighted by Crippen LogP contribution is -2.55. The van der Waals surface area contributed by atoms with Crippen molar-refractivity contribution in [1.82, 2.24) is 4.90 Å². The number of benzene rings is 1. The maximum absolute atomic E-state index is 12.7. The fourth-order valence-electron chi connectivity index (χ4n) is 2.54. The van der Waals surface area contributed by atoms with Gasteiger partial charge in [0.15, 0.2) is 6.10 Å². The van der Waals surface area contributed by atoms with E-state index in [-0.39, 0.29) is 19.1 Å². The van der Waals surface area contributed by atoms with Crippen LogP contribution in [-0.4, -0.2) is 73.2 Å². The van der Waals surface area contributed by atoms with Gasteiger partial charge in [-0.3, -0.25) is 14.4 Å². The molecule has 1 aromatic carbocycles. The van der Waals surface area contributed by atoms with E-state index in [1.54, 1.807) is 38.4 Å². The molecule has 0 aliphatic carbocycles. The average molecular weight is 364 g/mol. The SMILES string of the molecule is CC(=O)OC(C(=O)O)C1OCCN(c2ccc(C(=O)N(C)C)cc2)C1=O. The molecule has 0 saturated carbocycles. The van der Waals surface area contributed by atoms with Gasteiger partial charge < -0.3 is 24.4 Å². The summed E-state index contributed by atoms with van der Waals surface area (Å²) in [6.45, 7) is 1.35. The Morgan fingerprint density at radius 2 is 1.88 bits per heavy atom. The quantitative estimate of drug-likeness (QED) is 0.739. The number of amides is 2. The molecule has 0 spiro atoms. The minimum atomic E-state index is -1.72. The van der Waals surface area contributed by atoms with Crippen molar-refractivity contribution in [3.63, 3.8) is 0 Å². The fourth-order valence-corrected chi connectivity index (χ4v) is 2.54. The van der Waals surface area contributed by atoms with Crippen LogP contribution in [0.2, 0.25) is 0 Å². The molecular weight excluding hydrogens is 344 g/mol. The van der Waals surface area contributed by atoms with Crippen molar-refractivity contribution in [2.24, 2.45) is 0 Å². The van der Waals surface area contributed by atoms with E-state index in [1.807, 2.05) is 0 Å². The molecule has 2 atom stereocenters. The minimum absolute atomic E-state index is 0.0832. The second kappa shape index (κ2) is 7.96.